The Hall–Kier alpha value is -1.84. The molecule has 0 saturated carbocycles. The van der Waals surface area contributed by atoms with E-state index in [4.69, 9.17) is 9.47 Å². The van der Waals surface area contributed by atoms with E-state index in [9.17, 15) is 5.11 Å². The molecule has 1 unspecified atom stereocenters. The first-order valence-electron chi connectivity index (χ1n) is 7.11. The Morgan fingerprint density at radius 1 is 0.905 bits per heavy atom. The van der Waals surface area contributed by atoms with Crippen molar-refractivity contribution in [1.29, 1.82) is 0 Å². The van der Waals surface area contributed by atoms with E-state index in [1.54, 1.807) is 14.2 Å². The fourth-order valence-corrected chi connectivity index (χ4v) is 2.26. The van der Waals surface area contributed by atoms with E-state index in [0.717, 1.165) is 23.3 Å². The maximum Gasteiger partial charge on any atom is 0.118 e. The van der Waals surface area contributed by atoms with Gasteiger partial charge in [-0.1, -0.05) is 36.4 Å². The fraction of sp³-hybridized carbons (Fsp3) is 0.333. The highest BCUT2D eigenvalue weighted by Crippen LogP contribution is 2.21. The molecule has 3 heteroatoms. The molecule has 0 spiro atoms. The van der Waals surface area contributed by atoms with Crippen LogP contribution in [0.25, 0.3) is 0 Å². The van der Waals surface area contributed by atoms with E-state index in [1.807, 2.05) is 48.5 Å². The summed E-state index contributed by atoms with van der Waals surface area (Å²) < 4.78 is 10.2. The summed E-state index contributed by atoms with van der Waals surface area (Å²) in [6.07, 6.45) is 1.10. The van der Waals surface area contributed by atoms with Crippen molar-refractivity contribution in [3.63, 3.8) is 0 Å². The molecule has 0 aliphatic rings. The Labute approximate surface area is 126 Å². The molecule has 1 atom stereocenters. The van der Waals surface area contributed by atoms with Crippen LogP contribution in [-0.4, -0.2) is 19.3 Å². The first kappa shape index (κ1) is 15.5. The molecule has 112 valence electrons. The molecule has 3 nitrogen and oxygen atoms in total. The zero-order valence-electron chi connectivity index (χ0n) is 12.6. The van der Waals surface area contributed by atoms with Gasteiger partial charge in [-0.25, -0.2) is 0 Å². The van der Waals surface area contributed by atoms with E-state index in [2.05, 4.69) is 0 Å². The SMILES string of the molecule is COCc1ccc(C(O)CCc2ccc(OC)cc2)cc1. The Kier molecular flexibility index (Phi) is 5.78. The van der Waals surface area contributed by atoms with Gasteiger partial charge in [-0.15, -0.1) is 0 Å². The van der Waals surface area contributed by atoms with Crippen molar-refractivity contribution in [2.75, 3.05) is 14.2 Å². The lowest BCUT2D eigenvalue weighted by molar-refractivity contribution is 0.167. The molecule has 0 saturated heterocycles. The van der Waals surface area contributed by atoms with Crippen LogP contribution in [0.15, 0.2) is 48.5 Å². The van der Waals surface area contributed by atoms with E-state index in [1.165, 1.54) is 5.56 Å². The minimum absolute atomic E-state index is 0.441. The number of aryl methyl sites for hydroxylation is 1. The third kappa shape index (κ3) is 4.59. The minimum atomic E-state index is -0.441. The van der Waals surface area contributed by atoms with Gasteiger partial charge in [-0.05, 0) is 41.7 Å². The van der Waals surface area contributed by atoms with Crippen molar-refractivity contribution in [2.24, 2.45) is 0 Å². The highest BCUT2D eigenvalue weighted by Gasteiger charge is 2.08. The second-order valence-electron chi connectivity index (χ2n) is 5.08. The van der Waals surface area contributed by atoms with Gasteiger partial charge in [0.2, 0.25) is 0 Å². The third-order valence-electron chi connectivity index (χ3n) is 3.54. The number of hydrogen-bond donors (Lipinski definition) is 1. The summed E-state index contributed by atoms with van der Waals surface area (Å²) in [5, 5.41) is 10.2. The predicted molar refractivity (Wildman–Crippen MR) is 83.4 cm³/mol. The number of methoxy groups -OCH3 is 2. The van der Waals surface area contributed by atoms with Gasteiger partial charge in [-0.3, -0.25) is 0 Å². The summed E-state index contributed by atoms with van der Waals surface area (Å²) in [7, 11) is 3.34. The molecule has 0 heterocycles. The molecule has 2 aromatic carbocycles. The van der Waals surface area contributed by atoms with Crippen LogP contribution in [0.3, 0.4) is 0 Å². The number of benzene rings is 2. The van der Waals surface area contributed by atoms with Crippen LogP contribution in [-0.2, 0) is 17.8 Å². The Balaban J connectivity index is 1.89. The Morgan fingerprint density at radius 2 is 1.52 bits per heavy atom. The molecule has 0 aliphatic carbocycles. The number of rotatable bonds is 7. The van der Waals surface area contributed by atoms with Crippen molar-refractivity contribution < 1.29 is 14.6 Å². The second-order valence-corrected chi connectivity index (χ2v) is 5.08. The van der Waals surface area contributed by atoms with Gasteiger partial charge in [0, 0.05) is 7.11 Å². The van der Waals surface area contributed by atoms with Crippen LogP contribution in [0, 0.1) is 0 Å². The van der Waals surface area contributed by atoms with Crippen LogP contribution >= 0.6 is 0 Å². The van der Waals surface area contributed by atoms with Crippen LogP contribution in [0.1, 0.15) is 29.2 Å². The number of aliphatic hydroxyl groups is 1. The summed E-state index contributed by atoms with van der Waals surface area (Å²) in [4.78, 5) is 0. The smallest absolute Gasteiger partial charge is 0.118 e. The molecule has 0 fully saturated rings. The minimum Gasteiger partial charge on any atom is -0.497 e. The average Bonchev–Trinajstić information content (AvgIpc) is 2.54. The average molecular weight is 286 g/mol. The molecular weight excluding hydrogens is 264 g/mol. The van der Waals surface area contributed by atoms with E-state index >= 15 is 0 Å². The largest absolute Gasteiger partial charge is 0.497 e. The van der Waals surface area contributed by atoms with Crippen molar-refractivity contribution in [2.45, 2.75) is 25.6 Å². The quantitative estimate of drug-likeness (QED) is 0.846. The molecule has 0 radical (unpaired) electrons. The molecule has 2 rings (SSSR count). The van der Waals surface area contributed by atoms with Gasteiger partial charge in [0.25, 0.3) is 0 Å². The Morgan fingerprint density at radius 3 is 2.10 bits per heavy atom. The number of ether oxygens (including phenoxy) is 2. The lowest BCUT2D eigenvalue weighted by atomic mass is 10.0. The number of hydrogen-bond acceptors (Lipinski definition) is 3. The molecule has 0 aromatic heterocycles. The van der Waals surface area contributed by atoms with E-state index < -0.39 is 6.10 Å². The zero-order chi connectivity index (χ0) is 15.1. The topological polar surface area (TPSA) is 38.7 Å². The van der Waals surface area contributed by atoms with Gasteiger partial charge in [-0.2, -0.15) is 0 Å². The summed E-state index contributed by atoms with van der Waals surface area (Å²) in [5.74, 6) is 0.855. The lowest BCUT2D eigenvalue weighted by Gasteiger charge is -2.12. The predicted octanol–water partition coefficient (Wildman–Crippen LogP) is 3.51. The monoisotopic (exact) mass is 286 g/mol. The van der Waals surface area contributed by atoms with Crippen molar-refractivity contribution in [3.8, 4) is 5.75 Å². The normalized spacial score (nSPS) is 12.1. The molecule has 0 aliphatic heterocycles. The molecular formula is C18H22O3. The zero-order valence-corrected chi connectivity index (χ0v) is 12.6. The maximum absolute atomic E-state index is 10.2. The Bertz CT molecular complexity index is 531. The first-order valence-corrected chi connectivity index (χ1v) is 7.11. The van der Waals surface area contributed by atoms with Crippen LogP contribution in [0.2, 0.25) is 0 Å². The summed E-state index contributed by atoms with van der Waals surface area (Å²) in [6.45, 7) is 0.599. The first-order chi connectivity index (χ1) is 10.2. The van der Waals surface area contributed by atoms with Crippen molar-refractivity contribution in [3.05, 3.63) is 65.2 Å². The van der Waals surface area contributed by atoms with Gasteiger partial charge in [0.1, 0.15) is 5.75 Å². The van der Waals surface area contributed by atoms with Gasteiger partial charge in [0.05, 0.1) is 19.8 Å². The van der Waals surface area contributed by atoms with Crippen molar-refractivity contribution >= 4 is 0 Å². The van der Waals surface area contributed by atoms with E-state index in [0.29, 0.717) is 13.0 Å². The van der Waals surface area contributed by atoms with Gasteiger partial charge in [0.15, 0.2) is 0 Å². The lowest BCUT2D eigenvalue weighted by Crippen LogP contribution is -2.00. The third-order valence-corrected chi connectivity index (χ3v) is 3.54. The van der Waals surface area contributed by atoms with Gasteiger partial charge >= 0.3 is 0 Å². The van der Waals surface area contributed by atoms with Crippen molar-refractivity contribution in [1.82, 2.24) is 0 Å². The van der Waals surface area contributed by atoms with Crippen LogP contribution < -0.4 is 4.74 Å². The number of aliphatic hydroxyl groups excluding tert-OH is 1. The summed E-state index contributed by atoms with van der Waals surface area (Å²) >= 11 is 0. The van der Waals surface area contributed by atoms with Gasteiger partial charge < -0.3 is 14.6 Å². The molecule has 0 bridgehead atoms. The molecule has 21 heavy (non-hydrogen) atoms. The second kappa shape index (κ2) is 7.81. The molecule has 0 amide bonds. The van der Waals surface area contributed by atoms with Crippen LogP contribution in [0.5, 0.6) is 5.75 Å². The molecule has 1 N–H and O–H groups in total. The van der Waals surface area contributed by atoms with Crippen LogP contribution in [0.4, 0.5) is 0 Å². The maximum atomic E-state index is 10.2. The standard InChI is InChI=1S/C18H22O3/c1-20-13-15-3-8-16(9-4-15)18(19)12-7-14-5-10-17(21-2)11-6-14/h3-6,8-11,18-19H,7,12-13H2,1-2H3. The highest BCUT2D eigenvalue weighted by molar-refractivity contribution is 5.28. The molecule has 2 aromatic rings. The summed E-state index contributed by atoms with van der Waals surface area (Å²) in [6, 6.07) is 15.9. The fourth-order valence-electron chi connectivity index (χ4n) is 2.26. The highest BCUT2D eigenvalue weighted by atomic mass is 16.5. The summed E-state index contributed by atoms with van der Waals surface area (Å²) in [5.41, 5.74) is 3.26. The van der Waals surface area contributed by atoms with E-state index in [-0.39, 0.29) is 0 Å².